The summed E-state index contributed by atoms with van der Waals surface area (Å²) in [6, 6.07) is 0. The highest BCUT2D eigenvalue weighted by Gasteiger charge is 2.70. The third kappa shape index (κ3) is 3.96. The molecule has 0 bridgehead atoms. The van der Waals surface area contributed by atoms with Crippen LogP contribution in [0.1, 0.15) is 78.6 Å². The number of aliphatic hydroxyl groups is 3. The lowest BCUT2D eigenvalue weighted by atomic mass is 9.42. The van der Waals surface area contributed by atoms with Gasteiger partial charge in [0.05, 0.1) is 30.0 Å². The van der Waals surface area contributed by atoms with Crippen LogP contribution in [0.2, 0.25) is 0 Å². The molecule has 13 atom stereocenters. The van der Waals surface area contributed by atoms with E-state index < -0.39 is 23.2 Å². The van der Waals surface area contributed by atoms with Crippen molar-refractivity contribution < 1.29 is 39.1 Å². The molecule has 8 heteroatoms. The molecule has 6 aliphatic rings. The zero-order valence-electron chi connectivity index (χ0n) is 23.3. The third-order valence-corrected chi connectivity index (χ3v) is 12.2. The highest BCUT2D eigenvalue weighted by atomic mass is 16.7. The van der Waals surface area contributed by atoms with Gasteiger partial charge in [0.1, 0.15) is 12.7 Å². The Morgan fingerprint density at radius 1 is 1.08 bits per heavy atom. The fourth-order valence-electron chi connectivity index (χ4n) is 10.1. The molecule has 214 valence electrons. The second-order valence-electron chi connectivity index (χ2n) is 13.7. The number of esters is 1. The van der Waals surface area contributed by atoms with Gasteiger partial charge in [-0.1, -0.05) is 13.8 Å². The average Bonchev–Trinajstić information content (AvgIpc) is 3.41. The summed E-state index contributed by atoms with van der Waals surface area (Å²) >= 11 is 0. The molecular formula is C30H46O8. The van der Waals surface area contributed by atoms with Gasteiger partial charge in [-0.3, -0.25) is 0 Å². The van der Waals surface area contributed by atoms with Gasteiger partial charge in [-0.15, -0.1) is 0 Å². The Bertz CT molecular complexity index is 968. The van der Waals surface area contributed by atoms with Crippen LogP contribution in [0.5, 0.6) is 0 Å². The number of cyclic esters (lactones) is 1. The summed E-state index contributed by atoms with van der Waals surface area (Å²) in [5.41, 5.74) is -0.389. The fourth-order valence-corrected chi connectivity index (χ4v) is 10.1. The first-order valence-corrected chi connectivity index (χ1v) is 14.8. The highest BCUT2D eigenvalue weighted by Crippen LogP contribution is 2.70. The van der Waals surface area contributed by atoms with E-state index in [2.05, 4.69) is 13.8 Å². The molecule has 0 amide bonds. The third-order valence-electron chi connectivity index (χ3n) is 12.2. The van der Waals surface area contributed by atoms with Crippen LogP contribution >= 0.6 is 0 Å². The minimum atomic E-state index is -0.850. The smallest absolute Gasteiger partial charge is 0.331 e. The maximum Gasteiger partial charge on any atom is 0.331 e. The van der Waals surface area contributed by atoms with E-state index in [1.54, 1.807) is 13.2 Å². The van der Waals surface area contributed by atoms with E-state index in [1.165, 1.54) is 0 Å². The van der Waals surface area contributed by atoms with Crippen molar-refractivity contribution in [2.24, 2.45) is 34.5 Å². The molecule has 1 saturated heterocycles. The maximum atomic E-state index is 12.4. The van der Waals surface area contributed by atoms with Crippen LogP contribution < -0.4 is 0 Å². The molecule has 6 rings (SSSR count). The predicted octanol–water partition coefficient (Wildman–Crippen LogP) is 3.11. The summed E-state index contributed by atoms with van der Waals surface area (Å²) in [5, 5.41) is 34.5. The number of ether oxygens (including phenoxy) is 4. The predicted molar refractivity (Wildman–Crippen MR) is 138 cm³/mol. The number of fused-ring (bicyclic) bond motifs is 5. The van der Waals surface area contributed by atoms with Crippen molar-refractivity contribution in [2.75, 3.05) is 13.7 Å². The summed E-state index contributed by atoms with van der Waals surface area (Å²) in [7, 11) is 1.62. The van der Waals surface area contributed by atoms with Crippen molar-refractivity contribution in [1.82, 2.24) is 0 Å². The number of aliphatic hydroxyl groups excluding tert-OH is 2. The standard InChI is InChI=1S/C30H46O8/c1-16-27(33)23(35-4)13-25(37-16)38-19-7-9-28(2)18(12-19)5-6-21-26(28)22(31)14-29(3)20(8-10-30(21,29)34)17-11-24(32)36-15-17/h11,16,18-23,25-27,31,33-34H,5-10,12-15H2,1-4H3/t16-,18?,19-,20+,21+,22+,23-,25-,26+,27+,28-,29+,30-/m0/s1. The van der Waals surface area contributed by atoms with Crippen molar-refractivity contribution in [1.29, 1.82) is 0 Å². The Labute approximate surface area is 226 Å². The lowest BCUT2D eigenvalue weighted by Crippen LogP contribution is -2.66. The van der Waals surface area contributed by atoms with E-state index in [1.807, 2.05) is 6.92 Å². The molecule has 4 aliphatic carbocycles. The average molecular weight is 535 g/mol. The topological polar surface area (TPSA) is 115 Å². The zero-order valence-corrected chi connectivity index (χ0v) is 23.3. The number of carbonyl (C=O) groups excluding carboxylic acids is 1. The van der Waals surface area contributed by atoms with Crippen LogP contribution in [0.4, 0.5) is 0 Å². The van der Waals surface area contributed by atoms with Gasteiger partial charge in [-0.05, 0) is 93.0 Å². The van der Waals surface area contributed by atoms with Crippen molar-refractivity contribution in [3.05, 3.63) is 11.6 Å². The quantitative estimate of drug-likeness (QED) is 0.372. The SMILES string of the molecule is CO[C@H]1C[C@H](O[C@H]2CC[C@@]3(C)C(CC[C@@H]4[C@@H]3[C@H](O)C[C@]3(C)[C@@H](C5=CC(=O)OC5)CC[C@]43O)C2)O[C@@H](C)[C@H]1O. The number of rotatable bonds is 4. The normalized spacial score (nSPS) is 54.5. The highest BCUT2D eigenvalue weighted by molar-refractivity contribution is 5.85. The van der Waals surface area contributed by atoms with Crippen molar-refractivity contribution in [3.8, 4) is 0 Å². The summed E-state index contributed by atoms with van der Waals surface area (Å²) in [6.45, 7) is 6.65. The molecule has 4 saturated carbocycles. The van der Waals surface area contributed by atoms with Crippen LogP contribution in [-0.4, -0.2) is 77.4 Å². The minimum absolute atomic E-state index is 0.0464. The Morgan fingerprint density at radius 3 is 2.58 bits per heavy atom. The van der Waals surface area contributed by atoms with Gasteiger partial charge in [0.2, 0.25) is 0 Å². The molecule has 8 nitrogen and oxygen atoms in total. The van der Waals surface area contributed by atoms with E-state index in [4.69, 9.17) is 18.9 Å². The van der Waals surface area contributed by atoms with Crippen molar-refractivity contribution >= 4 is 5.97 Å². The molecule has 5 fully saturated rings. The number of hydrogen-bond donors (Lipinski definition) is 3. The molecule has 1 unspecified atom stereocenters. The Morgan fingerprint density at radius 2 is 1.87 bits per heavy atom. The summed E-state index contributed by atoms with van der Waals surface area (Å²) in [5.74, 6) is 0.285. The molecule has 0 radical (unpaired) electrons. The summed E-state index contributed by atoms with van der Waals surface area (Å²) in [4.78, 5) is 11.8. The van der Waals surface area contributed by atoms with Crippen LogP contribution in [0.25, 0.3) is 0 Å². The monoisotopic (exact) mass is 534 g/mol. The Balaban J connectivity index is 1.18. The van der Waals surface area contributed by atoms with Gasteiger partial charge in [0.25, 0.3) is 0 Å². The number of methoxy groups -OCH3 is 1. The molecule has 0 aromatic rings. The van der Waals surface area contributed by atoms with Crippen LogP contribution in [-0.2, 0) is 23.7 Å². The molecule has 0 spiro atoms. The largest absolute Gasteiger partial charge is 0.458 e. The van der Waals surface area contributed by atoms with E-state index in [0.29, 0.717) is 31.8 Å². The first-order valence-electron chi connectivity index (χ1n) is 14.8. The van der Waals surface area contributed by atoms with E-state index in [-0.39, 0.29) is 53.7 Å². The molecular weight excluding hydrogens is 488 g/mol. The molecule has 2 heterocycles. The van der Waals surface area contributed by atoms with Gasteiger partial charge in [0, 0.05) is 25.0 Å². The minimum Gasteiger partial charge on any atom is -0.458 e. The lowest BCUT2D eigenvalue weighted by Gasteiger charge is -2.65. The van der Waals surface area contributed by atoms with Gasteiger partial charge in [-0.25, -0.2) is 4.79 Å². The first-order chi connectivity index (χ1) is 18.0. The second kappa shape index (κ2) is 9.52. The van der Waals surface area contributed by atoms with Crippen LogP contribution in [0.3, 0.4) is 0 Å². The molecule has 38 heavy (non-hydrogen) atoms. The van der Waals surface area contributed by atoms with Gasteiger partial charge in [0.15, 0.2) is 6.29 Å². The Kier molecular flexibility index (Phi) is 6.80. The van der Waals surface area contributed by atoms with Gasteiger partial charge >= 0.3 is 5.97 Å². The zero-order chi connectivity index (χ0) is 27.0. The lowest BCUT2D eigenvalue weighted by molar-refractivity contribution is -0.278. The van der Waals surface area contributed by atoms with Gasteiger partial charge < -0.3 is 34.3 Å². The maximum absolute atomic E-state index is 12.4. The van der Waals surface area contributed by atoms with E-state index in [0.717, 1.165) is 44.1 Å². The molecule has 0 aromatic heterocycles. The van der Waals surface area contributed by atoms with Crippen LogP contribution in [0.15, 0.2) is 11.6 Å². The summed E-state index contributed by atoms with van der Waals surface area (Å²) in [6.07, 6.45) is 6.83. The van der Waals surface area contributed by atoms with Crippen molar-refractivity contribution in [2.45, 2.75) is 121 Å². The number of hydrogen-bond acceptors (Lipinski definition) is 8. The molecule has 3 N–H and O–H groups in total. The summed E-state index contributed by atoms with van der Waals surface area (Å²) < 4.78 is 23.1. The Hall–Kier alpha value is -1.03. The van der Waals surface area contributed by atoms with Crippen LogP contribution in [0, 0.1) is 34.5 Å². The second-order valence-corrected chi connectivity index (χ2v) is 13.7. The molecule has 2 aliphatic heterocycles. The van der Waals surface area contributed by atoms with Gasteiger partial charge in [-0.2, -0.15) is 0 Å². The first kappa shape index (κ1) is 27.2. The van der Waals surface area contributed by atoms with E-state index >= 15 is 0 Å². The fraction of sp³-hybridized carbons (Fsp3) is 0.900. The van der Waals surface area contributed by atoms with Crippen molar-refractivity contribution in [3.63, 3.8) is 0 Å². The number of carbonyl (C=O) groups is 1. The molecule has 0 aromatic carbocycles. The van der Waals surface area contributed by atoms with E-state index in [9.17, 15) is 20.1 Å².